The van der Waals surface area contributed by atoms with Crippen molar-refractivity contribution in [1.29, 1.82) is 0 Å². The van der Waals surface area contributed by atoms with Gasteiger partial charge in [-0.2, -0.15) is 0 Å². The van der Waals surface area contributed by atoms with Crippen molar-refractivity contribution in [2.75, 3.05) is 6.61 Å². The Balaban J connectivity index is 2.27. The lowest BCUT2D eigenvalue weighted by molar-refractivity contribution is -0.117. The van der Waals surface area contributed by atoms with Crippen molar-refractivity contribution in [1.82, 2.24) is 0 Å². The molecule has 0 saturated carbocycles. The van der Waals surface area contributed by atoms with Gasteiger partial charge in [-0.05, 0) is 31.9 Å². The molecule has 0 heterocycles. The first-order valence-corrected chi connectivity index (χ1v) is 5.54. The van der Waals surface area contributed by atoms with Crippen LogP contribution in [0.2, 0.25) is 5.02 Å². The number of ether oxygens (including phenoxy) is 1. The maximum Gasteiger partial charge on any atom is 0.142 e. The molecule has 1 rings (SSSR count). The zero-order valence-corrected chi connectivity index (χ0v) is 9.89. The molecule has 0 amide bonds. The Morgan fingerprint density at radius 3 is 2.81 bits per heavy atom. The maximum atomic E-state index is 12.8. The molecule has 1 aromatic carbocycles. The number of hydrogen-bond acceptors (Lipinski definition) is 2. The van der Waals surface area contributed by atoms with Gasteiger partial charge in [-0.25, -0.2) is 4.39 Å². The molecular formula is C12H14ClFO2. The van der Waals surface area contributed by atoms with E-state index in [1.165, 1.54) is 18.2 Å². The lowest BCUT2D eigenvalue weighted by atomic mass is 10.2. The van der Waals surface area contributed by atoms with Crippen LogP contribution in [0.15, 0.2) is 18.2 Å². The SMILES string of the molecule is CC(=O)CCCCOc1ccc(F)c(Cl)c1. The molecule has 0 aliphatic heterocycles. The number of unbranched alkanes of at least 4 members (excludes halogenated alkanes) is 1. The van der Waals surface area contributed by atoms with Crippen molar-refractivity contribution < 1.29 is 13.9 Å². The molecule has 0 saturated heterocycles. The van der Waals surface area contributed by atoms with E-state index in [0.717, 1.165) is 12.8 Å². The van der Waals surface area contributed by atoms with Crippen LogP contribution in [0.5, 0.6) is 5.75 Å². The summed E-state index contributed by atoms with van der Waals surface area (Å²) < 4.78 is 18.2. The van der Waals surface area contributed by atoms with Crippen LogP contribution >= 0.6 is 11.6 Å². The minimum Gasteiger partial charge on any atom is -0.494 e. The summed E-state index contributed by atoms with van der Waals surface area (Å²) >= 11 is 5.60. The van der Waals surface area contributed by atoms with Gasteiger partial charge in [0.25, 0.3) is 0 Å². The number of hydrogen-bond donors (Lipinski definition) is 0. The average Bonchev–Trinajstić information content (AvgIpc) is 2.22. The molecule has 88 valence electrons. The van der Waals surface area contributed by atoms with Gasteiger partial charge in [0.2, 0.25) is 0 Å². The van der Waals surface area contributed by atoms with Gasteiger partial charge in [-0.1, -0.05) is 11.6 Å². The van der Waals surface area contributed by atoms with E-state index < -0.39 is 5.82 Å². The molecule has 0 unspecified atom stereocenters. The molecule has 0 atom stereocenters. The van der Waals surface area contributed by atoms with Crippen molar-refractivity contribution in [2.45, 2.75) is 26.2 Å². The molecule has 1 aromatic rings. The number of Topliss-reactive ketones (excluding diaryl/α,β-unsaturated/α-hetero) is 1. The Morgan fingerprint density at radius 1 is 1.44 bits per heavy atom. The van der Waals surface area contributed by atoms with Crippen LogP contribution in [0.4, 0.5) is 4.39 Å². The highest BCUT2D eigenvalue weighted by atomic mass is 35.5. The fourth-order valence-electron chi connectivity index (χ4n) is 1.23. The van der Waals surface area contributed by atoms with Crippen molar-refractivity contribution in [3.8, 4) is 5.75 Å². The van der Waals surface area contributed by atoms with E-state index in [4.69, 9.17) is 16.3 Å². The van der Waals surface area contributed by atoms with Crippen molar-refractivity contribution >= 4 is 17.4 Å². The highest BCUT2D eigenvalue weighted by Gasteiger charge is 2.01. The van der Waals surface area contributed by atoms with E-state index in [9.17, 15) is 9.18 Å². The van der Waals surface area contributed by atoms with Gasteiger partial charge in [0.15, 0.2) is 0 Å². The van der Waals surface area contributed by atoms with E-state index in [1.54, 1.807) is 6.92 Å². The number of rotatable bonds is 6. The van der Waals surface area contributed by atoms with Gasteiger partial charge < -0.3 is 9.53 Å². The van der Waals surface area contributed by atoms with E-state index >= 15 is 0 Å². The third kappa shape index (κ3) is 4.62. The van der Waals surface area contributed by atoms with E-state index in [2.05, 4.69) is 0 Å². The summed E-state index contributed by atoms with van der Waals surface area (Å²) in [6.07, 6.45) is 2.19. The van der Waals surface area contributed by atoms with Crippen LogP contribution in [-0.4, -0.2) is 12.4 Å². The third-order valence-corrected chi connectivity index (χ3v) is 2.37. The van der Waals surface area contributed by atoms with E-state index in [1.807, 2.05) is 0 Å². The molecule has 0 fully saturated rings. The summed E-state index contributed by atoms with van der Waals surface area (Å²) in [6, 6.07) is 4.25. The largest absolute Gasteiger partial charge is 0.494 e. The highest BCUT2D eigenvalue weighted by molar-refractivity contribution is 6.30. The summed E-state index contributed by atoms with van der Waals surface area (Å²) in [5.74, 6) is 0.282. The first-order valence-electron chi connectivity index (χ1n) is 5.17. The Bertz CT molecular complexity index is 366. The number of halogens is 2. The molecule has 0 aliphatic carbocycles. The fourth-order valence-corrected chi connectivity index (χ4v) is 1.40. The first kappa shape index (κ1) is 13.0. The molecule has 0 aliphatic rings. The predicted octanol–water partition coefficient (Wildman–Crippen LogP) is 3.62. The normalized spacial score (nSPS) is 10.2. The van der Waals surface area contributed by atoms with Crippen molar-refractivity contribution in [2.24, 2.45) is 0 Å². The Hall–Kier alpha value is -1.09. The van der Waals surface area contributed by atoms with Crippen LogP contribution < -0.4 is 4.74 Å². The molecule has 2 nitrogen and oxygen atoms in total. The average molecular weight is 245 g/mol. The Morgan fingerprint density at radius 2 is 2.19 bits per heavy atom. The molecule has 0 radical (unpaired) electrons. The van der Waals surface area contributed by atoms with Crippen LogP contribution in [0.1, 0.15) is 26.2 Å². The minimum absolute atomic E-state index is 0.0567. The van der Waals surface area contributed by atoms with Gasteiger partial charge in [0, 0.05) is 12.5 Å². The van der Waals surface area contributed by atoms with Crippen molar-refractivity contribution in [3.05, 3.63) is 29.0 Å². The number of benzene rings is 1. The summed E-state index contributed by atoms with van der Waals surface area (Å²) in [4.78, 5) is 10.7. The second-order valence-electron chi connectivity index (χ2n) is 3.58. The van der Waals surface area contributed by atoms with Gasteiger partial charge in [-0.3, -0.25) is 0 Å². The number of ketones is 1. The van der Waals surface area contributed by atoms with E-state index in [-0.39, 0.29) is 10.8 Å². The maximum absolute atomic E-state index is 12.8. The quantitative estimate of drug-likeness (QED) is 0.715. The fraction of sp³-hybridized carbons (Fsp3) is 0.417. The molecule has 0 aromatic heterocycles. The summed E-state index contributed by atoms with van der Waals surface area (Å²) in [5.41, 5.74) is 0. The zero-order valence-electron chi connectivity index (χ0n) is 9.13. The number of carbonyl (C=O) groups is 1. The predicted molar refractivity (Wildman–Crippen MR) is 61.4 cm³/mol. The minimum atomic E-state index is -0.453. The summed E-state index contributed by atoms with van der Waals surface area (Å²) in [7, 11) is 0. The van der Waals surface area contributed by atoms with Gasteiger partial charge in [0.05, 0.1) is 11.6 Å². The van der Waals surface area contributed by atoms with Gasteiger partial charge in [0.1, 0.15) is 17.3 Å². The molecule has 0 spiro atoms. The Kier molecular flexibility index (Phi) is 5.26. The molecule has 0 bridgehead atoms. The molecule has 4 heteroatoms. The standard InChI is InChI=1S/C12H14ClFO2/c1-9(15)4-2-3-7-16-10-5-6-12(14)11(13)8-10/h5-6,8H,2-4,7H2,1H3. The van der Waals surface area contributed by atoms with Gasteiger partial charge >= 0.3 is 0 Å². The monoisotopic (exact) mass is 244 g/mol. The third-order valence-electron chi connectivity index (χ3n) is 2.08. The topological polar surface area (TPSA) is 26.3 Å². The summed E-state index contributed by atoms with van der Waals surface area (Å²) in [6.45, 7) is 2.08. The van der Waals surface area contributed by atoms with Crippen LogP contribution in [-0.2, 0) is 4.79 Å². The van der Waals surface area contributed by atoms with Crippen LogP contribution in [0.25, 0.3) is 0 Å². The first-order chi connectivity index (χ1) is 7.59. The smallest absolute Gasteiger partial charge is 0.142 e. The number of carbonyl (C=O) groups excluding carboxylic acids is 1. The molecule has 16 heavy (non-hydrogen) atoms. The molecular weight excluding hydrogens is 231 g/mol. The second kappa shape index (κ2) is 6.48. The summed E-state index contributed by atoms with van der Waals surface area (Å²) in [5, 5.41) is 0.0567. The van der Waals surface area contributed by atoms with Crippen molar-refractivity contribution in [3.63, 3.8) is 0 Å². The second-order valence-corrected chi connectivity index (χ2v) is 3.99. The zero-order chi connectivity index (χ0) is 12.0. The van der Waals surface area contributed by atoms with Gasteiger partial charge in [-0.15, -0.1) is 0 Å². The van der Waals surface area contributed by atoms with Crippen LogP contribution in [0, 0.1) is 5.82 Å². The van der Waals surface area contributed by atoms with Crippen LogP contribution in [0.3, 0.4) is 0 Å². The highest BCUT2D eigenvalue weighted by Crippen LogP contribution is 2.21. The lowest BCUT2D eigenvalue weighted by Crippen LogP contribution is -1.99. The lowest BCUT2D eigenvalue weighted by Gasteiger charge is -2.06. The molecule has 0 N–H and O–H groups in total. The Labute approximate surface area is 99.4 Å². The van der Waals surface area contributed by atoms with E-state index in [0.29, 0.717) is 18.8 Å².